The fourth-order valence-corrected chi connectivity index (χ4v) is 2.69. The number of ether oxygens (including phenoxy) is 1. The van der Waals surface area contributed by atoms with Crippen LogP contribution in [0.3, 0.4) is 0 Å². The summed E-state index contributed by atoms with van der Waals surface area (Å²) in [4.78, 5) is 0.630. The molecule has 0 fully saturated rings. The highest BCUT2D eigenvalue weighted by molar-refractivity contribution is 7.85. The van der Waals surface area contributed by atoms with Gasteiger partial charge in [0.15, 0.2) is 0 Å². The maximum absolute atomic E-state index is 12.0. The Morgan fingerprint density at radius 1 is 1.47 bits per heavy atom. The Morgan fingerprint density at radius 2 is 2.18 bits per heavy atom. The van der Waals surface area contributed by atoms with E-state index in [2.05, 4.69) is 5.32 Å². The van der Waals surface area contributed by atoms with Gasteiger partial charge in [-0.3, -0.25) is 4.21 Å². The van der Waals surface area contributed by atoms with Crippen LogP contribution >= 0.6 is 0 Å². The van der Waals surface area contributed by atoms with E-state index in [1.807, 2.05) is 19.1 Å². The summed E-state index contributed by atoms with van der Waals surface area (Å²) in [6.45, 7) is 3.21. The van der Waals surface area contributed by atoms with E-state index >= 15 is 0 Å². The molecule has 2 unspecified atom stereocenters. The maximum Gasteiger partial charge on any atom is 0.134 e. The van der Waals surface area contributed by atoms with Crippen LogP contribution in [0.4, 0.5) is 0 Å². The molecular formula is C12H19NO3S. The highest BCUT2D eigenvalue weighted by Crippen LogP contribution is 2.21. The lowest BCUT2D eigenvalue weighted by Crippen LogP contribution is -2.30. The summed E-state index contributed by atoms with van der Waals surface area (Å²) in [6, 6.07) is 7.17. The average molecular weight is 257 g/mol. The minimum Gasteiger partial charge on any atom is -0.495 e. The Kier molecular flexibility index (Phi) is 6.18. The van der Waals surface area contributed by atoms with Gasteiger partial charge in [0.25, 0.3) is 0 Å². The Bertz CT molecular complexity index is 371. The van der Waals surface area contributed by atoms with Gasteiger partial charge in [0.2, 0.25) is 0 Å². The fourth-order valence-electron chi connectivity index (χ4n) is 1.44. The number of aliphatic hydroxyl groups is 1. The van der Waals surface area contributed by atoms with Crippen molar-refractivity contribution in [1.82, 2.24) is 5.32 Å². The molecular weight excluding hydrogens is 238 g/mol. The van der Waals surface area contributed by atoms with Gasteiger partial charge in [0, 0.05) is 6.54 Å². The average Bonchev–Trinajstić information content (AvgIpc) is 2.36. The number of hydrogen-bond acceptors (Lipinski definition) is 4. The SMILES string of the molecule is CCNCC(O)CS(=O)c1ccccc1OC. The summed E-state index contributed by atoms with van der Waals surface area (Å²) >= 11 is 0. The topological polar surface area (TPSA) is 58.6 Å². The molecule has 2 atom stereocenters. The summed E-state index contributed by atoms with van der Waals surface area (Å²) in [5.74, 6) is 0.814. The normalized spacial score (nSPS) is 14.3. The summed E-state index contributed by atoms with van der Waals surface area (Å²) in [6.07, 6.45) is -0.610. The van der Waals surface area contributed by atoms with Gasteiger partial charge in [0.05, 0.1) is 34.7 Å². The highest BCUT2D eigenvalue weighted by atomic mass is 32.2. The number of nitrogens with one attached hydrogen (secondary N) is 1. The van der Waals surface area contributed by atoms with Gasteiger partial charge in [-0.25, -0.2) is 0 Å². The third-order valence-corrected chi connectivity index (χ3v) is 3.80. The second-order valence-electron chi connectivity index (χ2n) is 3.62. The molecule has 96 valence electrons. The van der Waals surface area contributed by atoms with Crippen molar-refractivity contribution in [1.29, 1.82) is 0 Å². The molecule has 17 heavy (non-hydrogen) atoms. The molecule has 0 aliphatic carbocycles. The maximum atomic E-state index is 12.0. The van der Waals surface area contributed by atoms with Crippen LogP contribution in [0.25, 0.3) is 0 Å². The number of hydrogen-bond donors (Lipinski definition) is 2. The van der Waals surface area contributed by atoms with Crippen LogP contribution in [0.1, 0.15) is 6.92 Å². The third kappa shape index (κ3) is 4.46. The van der Waals surface area contributed by atoms with E-state index < -0.39 is 16.9 Å². The van der Waals surface area contributed by atoms with Crippen molar-refractivity contribution in [3.05, 3.63) is 24.3 Å². The van der Waals surface area contributed by atoms with Crippen molar-refractivity contribution >= 4 is 10.8 Å². The zero-order valence-electron chi connectivity index (χ0n) is 10.2. The van der Waals surface area contributed by atoms with Crippen molar-refractivity contribution in [2.24, 2.45) is 0 Å². The molecule has 0 spiro atoms. The van der Waals surface area contributed by atoms with E-state index in [4.69, 9.17) is 4.74 Å². The highest BCUT2D eigenvalue weighted by Gasteiger charge is 2.14. The van der Waals surface area contributed by atoms with Crippen molar-refractivity contribution in [2.45, 2.75) is 17.9 Å². The Morgan fingerprint density at radius 3 is 2.82 bits per heavy atom. The second kappa shape index (κ2) is 7.42. The van der Waals surface area contributed by atoms with E-state index in [9.17, 15) is 9.32 Å². The number of likely N-dealkylation sites (N-methyl/N-ethyl adjacent to an activating group) is 1. The largest absolute Gasteiger partial charge is 0.495 e. The summed E-state index contributed by atoms with van der Waals surface area (Å²) in [7, 11) is 0.303. The van der Waals surface area contributed by atoms with Crippen LogP contribution in [0.5, 0.6) is 5.75 Å². The molecule has 1 rings (SSSR count). The number of para-hydroxylation sites is 1. The predicted molar refractivity (Wildman–Crippen MR) is 68.8 cm³/mol. The molecule has 2 N–H and O–H groups in total. The molecule has 0 aromatic heterocycles. The number of methoxy groups -OCH3 is 1. The minimum atomic E-state index is -1.24. The standard InChI is InChI=1S/C12H19NO3S/c1-3-13-8-10(14)9-17(15)12-7-5-4-6-11(12)16-2/h4-7,10,13-14H,3,8-9H2,1-2H3. The molecule has 0 aliphatic heterocycles. The van der Waals surface area contributed by atoms with E-state index in [1.54, 1.807) is 19.2 Å². The van der Waals surface area contributed by atoms with Gasteiger partial charge in [-0.15, -0.1) is 0 Å². The lowest BCUT2D eigenvalue weighted by atomic mass is 10.3. The minimum absolute atomic E-state index is 0.216. The molecule has 0 radical (unpaired) electrons. The molecule has 0 saturated carbocycles. The van der Waals surface area contributed by atoms with Crippen LogP contribution in [0, 0.1) is 0 Å². The van der Waals surface area contributed by atoms with E-state index in [0.717, 1.165) is 6.54 Å². The molecule has 0 heterocycles. The van der Waals surface area contributed by atoms with Gasteiger partial charge >= 0.3 is 0 Å². The van der Waals surface area contributed by atoms with Gasteiger partial charge in [-0.2, -0.15) is 0 Å². The van der Waals surface area contributed by atoms with Crippen molar-refractivity contribution in [3.8, 4) is 5.75 Å². The second-order valence-corrected chi connectivity index (χ2v) is 5.09. The first-order valence-corrected chi connectivity index (χ1v) is 6.91. The number of rotatable bonds is 7. The number of aliphatic hydroxyl groups excluding tert-OH is 1. The van der Waals surface area contributed by atoms with E-state index in [1.165, 1.54) is 0 Å². The van der Waals surface area contributed by atoms with Crippen molar-refractivity contribution < 1.29 is 14.1 Å². The first kappa shape index (κ1) is 14.2. The fraction of sp³-hybridized carbons (Fsp3) is 0.500. The van der Waals surface area contributed by atoms with Crippen LogP contribution in [-0.4, -0.2) is 41.4 Å². The molecule has 0 aliphatic rings. The first-order valence-electron chi connectivity index (χ1n) is 5.59. The molecule has 1 aromatic rings. The van der Waals surface area contributed by atoms with Crippen molar-refractivity contribution in [2.75, 3.05) is 26.0 Å². The first-order chi connectivity index (χ1) is 8.19. The van der Waals surface area contributed by atoms with Gasteiger partial charge in [-0.1, -0.05) is 19.1 Å². The summed E-state index contributed by atoms with van der Waals surface area (Å²) in [5, 5.41) is 12.7. The summed E-state index contributed by atoms with van der Waals surface area (Å²) < 4.78 is 17.2. The molecule has 0 saturated heterocycles. The monoisotopic (exact) mass is 257 g/mol. The molecule has 5 heteroatoms. The van der Waals surface area contributed by atoms with E-state index in [0.29, 0.717) is 17.2 Å². The van der Waals surface area contributed by atoms with Gasteiger partial charge < -0.3 is 15.2 Å². The van der Waals surface area contributed by atoms with Crippen LogP contribution < -0.4 is 10.1 Å². The molecule has 0 bridgehead atoms. The molecule has 1 aromatic carbocycles. The predicted octanol–water partition coefficient (Wildman–Crippen LogP) is 0.773. The lowest BCUT2D eigenvalue weighted by Gasteiger charge is -2.12. The number of benzene rings is 1. The van der Waals surface area contributed by atoms with Gasteiger partial charge in [-0.05, 0) is 18.7 Å². The van der Waals surface area contributed by atoms with E-state index in [-0.39, 0.29) is 5.75 Å². The smallest absolute Gasteiger partial charge is 0.134 e. The Hall–Kier alpha value is -0.910. The molecule has 4 nitrogen and oxygen atoms in total. The van der Waals surface area contributed by atoms with Crippen LogP contribution in [0.15, 0.2) is 29.2 Å². The third-order valence-electron chi connectivity index (χ3n) is 2.29. The van der Waals surface area contributed by atoms with Crippen LogP contribution in [-0.2, 0) is 10.8 Å². The zero-order chi connectivity index (χ0) is 12.7. The van der Waals surface area contributed by atoms with Crippen LogP contribution in [0.2, 0.25) is 0 Å². The van der Waals surface area contributed by atoms with Crippen molar-refractivity contribution in [3.63, 3.8) is 0 Å². The van der Waals surface area contributed by atoms with Gasteiger partial charge in [0.1, 0.15) is 5.75 Å². The Labute approximate surface area is 104 Å². The lowest BCUT2D eigenvalue weighted by molar-refractivity contribution is 0.195. The zero-order valence-corrected chi connectivity index (χ0v) is 11.0. The molecule has 0 amide bonds. The summed E-state index contributed by atoms with van der Waals surface area (Å²) in [5.41, 5.74) is 0. The Balaban J connectivity index is 2.63. The quantitative estimate of drug-likeness (QED) is 0.757.